The number of aromatic amines is 1. The van der Waals surface area contributed by atoms with Crippen molar-refractivity contribution in [1.29, 1.82) is 0 Å². The number of rotatable bonds is 13. The van der Waals surface area contributed by atoms with Crippen molar-refractivity contribution in [1.82, 2.24) is 24.8 Å². The van der Waals surface area contributed by atoms with Gasteiger partial charge in [0.1, 0.15) is 42.7 Å². The van der Waals surface area contributed by atoms with Gasteiger partial charge in [0.05, 0.1) is 25.3 Å². The zero-order chi connectivity index (χ0) is 33.3. The lowest BCUT2D eigenvalue weighted by Gasteiger charge is -2.42. The van der Waals surface area contributed by atoms with Crippen molar-refractivity contribution in [2.45, 2.75) is 55.2 Å². The molecule has 11 N–H and O–H groups in total. The first-order valence-electron chi connectivity index (χ1n) is 12.6. The SMILES string of the molecule is CSSCC(=O)NC1C(OP(=O)(O)OP(=O)(O)OCC2OC(n3cnc4c(=O)[nH]c(N)nc43)C(O)C2O)OC(CO)C(O)C1O. The molecule has 1 amide bonds. The highest BCUT2D eigenvalue weighted by Crippen LogP contribution is 2.61. The van der Waals surface area contributed by atoms with Crippen LogP contribution in [-0.4, -0.2) is 135 Å². The molecule has 0 aliphatic carbocycles. The topological polar surface area (TPSA) is 341 Å². The van der Waals surface area contributed by atoms with Gasteiger partial charge in [0, 0.05) is 0 Å². The molecule has 0 radical (unpaired) electrons. The van der Waals surface area contributed by atoms with E-state index in [4.69, 9.17) is 19.7 Å². The molecule has 4 heterocycles. The predicted octanol–water partition coefficient (Wildman–Crippen LogP) is -3.49. The van der Waals surface area contributed by atoms with Crippen LogP contribution in [0.4, 0.5) is 5.95 Å². The van der Waals surface area contributed by atoms with Crippen LogP contribution in [0.15, 0.2) is 11.1 Å². The second-order valence-electron chi connectivity index (χ2n) is 9.47. The van der Waals surface area contributed by atoms with E-state index in [0.29, 0.717) is 0 Å². The molecule has 0 aromatic carbocycles. The molecule has 0 bridgehead atoms. The Morgan fingerprint density at radius 3 is 2.49 bits per heavy atom. The number of fused-ring (bicyclic) bond motifs is 1. The van der Waals surface area contributed by atoms with E-state index in [-0.39, 0.29) is 22.9 Å². The van der Waals surface area contributed by atoms with Gasteiger partial charge in [-0.05, 0) is 6.26 Å². The zero-order valence-electron chi connectivity index (χ0n) is 22.8. The summed E-state index contributed by atoms with van der Waals surface area (Å²) in [6.45, 7) is -1.90. The van der Waals surface area contributed by atoms with Crippen LogP contribution in [0.2, 0.25) is 0 Å². The lowest BCUT2D eigenvalue weighted by atomic mass is 9.97. The molecule has 0 spiro atoms. The molecule has 22 nitrogen and oxygen atoms in total. The summed E-state index contributed by atoms with van der Waals surface area (Å²) in [6.07, 6.45) is -11.0. The van der Waals surface area contributed by atoms with Gasteiger partial charge in [-0.2, -0.15) is 9.29 Å². The number of hydrogen-bond acceptors (Lipinski definition) is 19. The van der Waals surface area contributed by atoms with Crippen molar-refractivity contribution >= 4 is 60.3 Å². The van der Waals surface area contributed by atoms with Crippen LogP contribution in [0.5, 0.6) is 0 Å². The van der Waals surface area contributed by atoms with E-state index in [0.717, 1.165) is 21.7 Å². The highest BCUT2D eigenvalue weighted by Gasteiger charge is 2.50. The Kier molecular flexibility index (Phi) is 11.7. The van der Waals surface area contributed by atoms with Crippen LogP contribution in [0.3, 0.4) is 0 Å². The van der Waals surface area contributed by atoms with Crippen LogP contribution < -0.4 is 16.6 Å². The number of aliphatic hydroxyl groups excluding tert-OH is 5. The number of aliphatic hydroxyl groups is 5. The van der Waals surface area contributed by atoms with E-state index in [1.807, 2.05) is 0 Å². The number of aromatic nitrogens is 4. The molecule has 2 aliphatic rings. The number of ether oxygens (including phenoxy) is 2. The number of nitrogens with one attached hydrogen (secondary N) is 2. The summed E-state index contributed by atoms with van der Waals surface area (Å²) in [5.74, 6) is -1.13. The van der Waals surface area contributed by atoms with E-state index in [9.17, 15) is 54.0 Å². The molecular weight excluding hydrogens is 694 g/mol. The summed E-state index contributed by atoms with van der Waals surface area (Å²) in [4.78, 5) is 54.6. The summed E-state index contributed by atoms with van der Waals surface area (Å²) in [7, 11) is -8.86. The fourth-order valence-electron chi connectivity index (χ4n) is 4.36. The Morgan fingerprint density at radius 1 is 1.13 bits per heavy atom. The maximum absolute atomic E-state index is 12.7. The Bertz CT molecular complexity index is 1520. The number of nitrogen functional groups attached to an aromatic ring is 1. The number of amides is 1. The number of carbonyl (C=O) groups is 1. The highest BCUT2D eigenvalue weighted by atomic mass is 33.1. The number of imidazole rings is 1. The summed E-state index contributed by atoms with van der Waals surface area (Å²) in [5, 5.41) is 53.3. The van der Waals surface area contributed by atoms with Gasteiger partial charge >= 0.3 is 15.6 Å². The summed E-state index contributed by atoms with van der Waals surface area (Å²) in [6, 6.07) is -1.71. The fourth-order valence-corrected chi connectivity index (χ4v) is 7.51. The molecule has 2 saturated heterocycles. The number of H-pyrrole nitrogens is 1. The Balaban J connectivity index is 1.41. The third-order valence-electron chi connectivity index (χ3n) is 6.42. The van der Waals surface area contributed by atoms with Crippen molar-refractivity contribution in [3.63, 3.8) is 0 Å². The van der Waals surface area contributed by atoms with Gasteiger partial charge in [-0.15, -0.1) is 0 Å². The van der Waals surface area contributed by atoms with Crippen LogP contribution >= 0.6 is 37.2 Å². The first-order valence-corrected chi connectivity index (χ1v) is 18.3. The molecule has 254 valence electrons. The van der Waals surface area contributed by atoms with E-state index in [2.05, 4.69) is 29.1 Å². The average molecular weight is 725 g/mol. The minimum Gasteiger partial charge on any atom is -0.394 e. The number of hydrogen-bond donors (Lipinski definition) is 10. The standard InChI is InChI=1S/C19H30N6O16P2S2/c1-44-45-4-8(27)22-9-13(30)11(28)6(2-26)39-18(9)40-43(35,36)41-42(33,34)37-3-7-12(29)14(31)17(38-7)25-5-21-10-15(25)23-19(20)24-16(10)32/h5-7,9,11-14,17-18,26,28-31H,2-4H2,1H3,(H,22,27)(H,33,34)(H,35,36)(H3,20,23,24,32). The van der Waals surface area contributed by atoms with Gasteiger partial charge in [-0.3, -0.25) is 28.2 Å². The Hall–Kier alpha value is -1.70. The lowest BCUT2D eigenvalue weighted by Crippen LogP contribution is -2.64. The zero-order valence-corrected chi connectivity index (χ0v) is 26.3. The lowest BCUT2D eigenvalue weighted by molar-refractivity contribution is -0.247. The van der Waals surface area contributed by atoms with Gasteiger partial charge in [-0.1, -0.05) is 21.6 Å². The molecule has 2 aromatic heterocycles. The van der Waals surface area contributed by atoms with E-state index in [1.165, 1.54) is 10.8 Å². The molecule has 45 heavy (non-hydrogen) atoms. The van der Waals surface area contributed by atoms with Crippen LogP contribution in [0.25, 0.3) is 11.2 Å². The molecule has 2 fully saturated rings. The monoisotopic (exact) mass is 724 g/mol. The first kappa shape index (κ1) is 36.1. The van der Waals surface area contributed by atoms with Gasteiger partial charge in [-0.25, -0.2) is 14.1 Å². The van der Waals surface area contributed by atoms with Crippen molar-refractivity contribution < 1.29 is 72.1 Å². The molecule has 4 rings (SSSR count). The number of nitrogens with two attached hydrogens (primary N) is 1. The van der Waals surface area contributed by atoms with Gasteiger partial charge in [0.25, 0.3) is 5.56 Å². The predicted molar refractivity (Wildman–Crippen MR) is 152 cm³/mol. The van der Waals surface area contributed by atoms with Gasteiger partial charge in [0.2, 0.25) is 11.9 Å². The average Bonchev–Trinajstić information content (AvgIpc) is 3.50. The van der Waals surface area contributed by atoms with Crippen molar-refractivity contribution in [3.8, 4) is 0 Å². The van der Waals surface area contributed by atoms with Crippen LogP contribution in [0.1, 0.15) is 6.23 Å². The summed E-state index contributed by atoms with van der Waals surface area (Å²) in [5.41, 5.74) is 4.56. The minimum atomic E-state index is -5.66. The van der Waals surface area contributed by atoms with Crippen molar-refractivity contribution in [2.75, 3.05) is 31.0 Å². The number of phosphoric ester groups is 2. The van der Waals surface area contributed by atoms with Crippen LogP contribution in [-0.2, 0) is 36.8 Å². The summed E-state index contributed by atoms with van der Waals surface area (Å²) >= 11 is 0. The number of anilines is 1. The number of phosphoric acid groups is 2. The summed E-state index contributed by atoms with van der Waals surface area (Å²) < 4.78 is 50.8. The molecule has 2 aliphatic heterocycles. The molecule has 11 atom stereocenters. The van der Waals surface area contributed by atoms with E-state index >= 15 is 0 Å². The van der Waals surface area contributed by atoms with E-state index < -0.39 is 95.5 Å². The largest absolute Gasteiger partial charge is 0.483 e. The molecular formula is C19H30N6O16P2S2. The van der Waals surface area contributed by atoms with Gasteiger partial charge in [0.15, 0.2) is 23.7 Å². The normalized spacial score (nSPS) is 33.1. The molecule has 26 heteroatoms. The molecule has 11 unspecified atom stereocenters. The second-order valence-corrected chi connectivity index (χ2v) is 15.0. The third-order valence-corrected chi connectivity index (χ3v) is 10.7. The van der Waals surface area contributed by atoms with Crippen molar-refractivity contribution in [3.05, 3.63) is 16.7 Å². The van der Waals surface area contributed by atoms with Crippen molar-refractivity contribution in [2.24, 2.45) is 0 Å². The fraction of sp³-hybridized carbons (Fsp3) is 0.684. The van der Waals surface area contributed by atoms with Crippen LogP contribution in [0, 0.1) is 0 Å². The first-order chi connectivity index (χ1) is 21.1. The van der Waals surface area contributed by atoms with Gasteiger partial charge < -0.3 is 55.8 Å². The molecule has 0 saturated carbocycles. The Labute approximate surface area is 259 Å². The number of carbonyl (C=O) groups excluding carboxylic acids is 1. The number of nitrogens with zero attached hydrogens (tertiary/aromatic N) is 3. The maximum Gasteiger partial charge on any atom is 0.483 e. The third kappa shape index (κ3) is 8.43. The second kappa shape index (κ2) is 14.6. The highest BCUT2D eigenvalue weighted by molar-refractivity contribution is 8.76. The Morgan fingerprint density at radius 2 is 1.82 bits per heavy atom. The maximum atomic E-state index is 12.7. The molecule has 2 aromatic rings. The minimum absolute atomic E-state index is 0.118. The smallest absolute Gasteiger partial charge is 0.394 e. The van der Waals surface area contributed by atoms with E-state index in [1.54, 1.807) is 6.26 Å². The quantitative estimate of drug-likeness (QED) is 0.0707.